The van der Waals surface area contributed by atoms with Gasteiger partial charge in [0.05, 0.1) is 6.04 Å². The van der Waals surface area contributed by atoms with E-state index in [4.69, 9.17) is 0 Å². The van der Waals surface area contributed by atoms with Gasteiger partial charge in [-0.05, 0) is 31.5 Å². The van der Waals surface area contributed by atoms with Crippen molar-refractivity contribution in [3.8, 4) is 0 Å². The summed E-state index contributed by atoms with van der Waals surface area (Å²) in [5.74, 6) is -0.343. The first-order valence-electron chi connectivity index (χ1n) is 9.12. The molecule has 0 saturated carbocycles. The number of amides is 1. The van der Waals surface area contributed by atoms with Gasteiger partial charge in [-0.25, -0.2) is 4.39 Å². The van der Waals surface area contributed by atoms with Gasteiger partial charge in [0.2, 0.25) is 5.91 Å². The summed E-state index contributed by atoms with van der Waals surface area (Å²) in [7, 11) is 0. The monoisotopic (exact) mass is 355 g/mol. The number of hydrogen-bond acceptors (Lipinski definition) is 3. The van der Waals surface area contributed by atoms with Crippen LogP contribution in [0.5, 0.6) is 0 Å². The summed E-state index contributed by atoms with van der Waals surface area (Å²) >= 11 is 0. The van der Waals surface area contributed by atoms with Crippen LogP contribution in [0.4, 0.5) is 10.1 Å². The van der Waals surface area contributed by atoms with Crippen LogP contribution in [0.1, 0.15) is 18.1 Å². The van der Waals surface area contributed by atoms with Crippen LogP contribution in [-0.4, -0.2) is 43.0 Å². The molecule has 0 spiro atoms. The summed E-state index contributed by atoms with van der Waals surface area (Å²) in [5, 5.41) is 2.85. The number of anilines is 1. The van der Waals surface area contributed by atoms with Crippen LogP contribution in [0.15, 0.2) is 48.5 Å². The van der Waals surface area contributed by atoms with E-state index in [1.54, 1.807) is 18.2 Å². The van der Waals surface area contributed by atoms with Crippen molar-refractivity contribution in [2.24, 2.45) is 0 Å². The number of nitrogens with zero attached hydrogens (tertiary/aromatic N) is 2. The number of carbonyl (C=O) groups excluding carboxylic acids is 1. The van der Waals surface area contributed by atoms with Crippen LogP contribution in [0.3, 0.4) is 0 Å². The smallest absolute Gasteiger partial charge is 0.237 e. The molecule has 0 bridgehead atoms. The third-order valence-corrected chi connectivity index (χ3v) is 5.11. The highest BCUT2D eigenvalue weighted by Gasteiger charge is 2.26. The lowest BCUT2D eigenvalue weighted by Crippen LogP contribution is -2.54. The first-order valence-corrected chi connectivity index (χ1v) is 9.12. The molecule has 0 radical (unpaired) electrons. The minimum atomic E-state index is -0.285. The molecule has 5 heteroatoms. The summed E-state index contributed by atoms with van der Waals surface area (Å²) in [5.41, 5.74) is 3.05. The zero-order valence-electron chi connectivity index (χ0n) is 15.4. The summed E-state index contributed by atoms with van der Waals surface area (Å²) in [6, 6.07) is 14.7. The maximum absolute atomic E-state index is 13.7. The largest absolute Gasteiger partial charge is 0.369 e. The molecule has 2 aromatic rings. The summed E-state index contributed by atoms with van der Waals surface area (Å²) < 4.78 is 13.7. The average Bonchev–Trinajstić information content (AvgIpc) is 2.67. The molecular weight excluding hydrogens is 329 g/mol. The third-order valence-electron chi connectivity index (χ3n) is 5.11. The van der Waals surface area contributed by atoms with E-state index in [1.165, 1.54) is 17.3 Å². The van der Waals surface area contributed by atoms with Crippen molar-refractivity contribution in [1.82, 2.24) is 10.2 Å². The van der Waals surface area contributed by atoms with Gasteiger partial charge < -0.3 is 10.2 Å². The van der Waals surface area contributed by atoms with Crippen LogP contribution >= 0.6 is 0 Å². The molecule has 1 N–H and O–H groups in total. The van der Waals surface area contributed by atoms with Crippen LogP contribution in [0, 0.1) is 12.7 Å². The molecule has 0 aliphatic carbocycles. The van der Waals surface area contributed by atoms with Crippen molar-refractivity contribution < 1.29 is 9.18 Å². The van der Waals surface area contributed by atoms with Gasteiger partial charge in [0.25, 0.3) is 0 Å². The predicted octanol–water partition coefficient (Wildman–Crippen LogP) is 2.96. The normalized spacial score (nSPS) is 16.3. The molecule has 0 aromatic heterocycles. The van der Waals surface area contributed by atoms with Gasteiger partial charge in [0.15, 0.2) is 0 Å². The van der Waals surface area contributed by atoms with E-state index in [1.807, 2.05) is 6.92 Å². The molecule has 1 aliphatic rings. The molecule has 1 atom stereocenters. The Morgan fingerprint density at radius 1 is 1.08 bits per heavy atom. The maximum atomic E-state index is 13.7. The topological polar surface area (TPSA) is 35.6 Å². The molecule has 1 saturated heterocycles. The second-order valence-electron chi connectivity index (χ2n) is 6.79. The van der Waals surface area contributed by atoms with E-state index in [2.05, 4.69) is 46.3 Å². The van der Waals surface area contributed by atoms with Crippen molar-refractivity contribution in [1.29, 1.82) is 0 Å². The summed E-state index contributed by atoms with van der Waals surface area (Å²) in [4.78, 5) is 17.0. The van der Waals surface area contributed by atoms with Crippen LogP contribution < -0.4 is 10.2 Å². The lowest BCUT2D eigenvalue weighted by atomic mass is 10.1. The SMILES string of the molecule is Cc1ccccc1N1CCN(C(C)C(=O)NCc2ccccc2F)CC1. The minimum absolute atomic E-state index is 0.0578. The van der Waals surface area contributed by atoms with Crippen LogP contribution in [0.25, 0.3) is 0 Å². The number of carbonyl (C=O) groups is 1. The molecule has 1 aliphatic heterocycles. The molecule has 4 nitrogen and oxygen atoms in total. The second-order valence-corrected chi connectivity index (χ2v) is 6.79. The third kappa shape index (κ3) is 4.22. The Labute approximate surface area is 154 Å². The molecule has 1 unspecified atom stereocenters. The van der Waals surface area contributed by atoms with Gasteiger partial charge in [0.1, 0.15) is 5.82 Å². The second kappa shape index (κ2) is 8.32. The first-order chi connectivity index (χ1) is 12.6. The molecule has 1 fully saturated rings. The molecule has 26 heavy (non-hydrogen) atoms. The number of piperazine rings is 1. The molecule has 1 amide bonds. The zero-order chi connectivity index (χ0) is 18.5. The van der Waals surface area contributed by atoms with Crippen molar-refractivity contribution in [3.63, 3.8) is 0 Å². The fourth-order valence-electron chi connectivity index (χ4n) is 3.41. The lowest BCUT2D eigenvalue weighted by molar-refractivity contribution is -0.126. The van der Waals surface area contributed by atoms with E-state index in [-0.39, 0.29) is 24.3 Å². The molecule has 1 heterocycles. The maximum Gasteiger partial charge on any atom is 0.237 e. The Morgan fingerprint density at radius 2 is 1.73 bits per heavy atom. The Hall–Kier alpha value is -2.40. The fraction of sp³-hybridized carbons (Fsp3) is 0.381. The Bertz CT molecular complexity index is 756. The van der Waals surface area contributed by atoms with Gasteiger partial charge in [0, 0.05) is 44.0 Å². The molecule has 3 rings (SSSR count). The highest BCUT2D eigenvalue weighted by atomic mass is 19.1. The highest BCUT2D eigenvalue weighted by molar-refractivity contribution is 5.81. The van der Waals surface area contributed by atoms with Gasteiger partial charge in [-0.1, -0.05) is 36.4 Å². The molecule has 2 aromatic carbocycles. The van der Waals surface area contributed by atoms with Crippen molar-refractivity contribution in [3.05, 3.63) is 65.5 Å². The zero-order valence-corrected chi connectivity index (χ0v) is 15.4. The fourth-order valence-corrected chi connectivity index (χ4v) is 3.41. The lowest BCUT2D eigenvalue weighted by Gasteiger charge is -2.39. The van der Waals surface area contributed by atoms with Crippen molar-refractivity contribution in [2.45, 2.75) is 26.4 Å². The van der Waals surface area contributed by atoms with Gasteiger partial charge in [-0.2, -0.15) is 0 Å². The first kappa shape index (κ1) is 18.4. The minimum Gasteiger partial charge on any atom is -0.369 e. The molecule has 138 valence electrons. The Balaban J connectivity index is 1.51. The van der Waals surface area contributed by atoms with Crippen LogP contribution in [0.2, 0.25) is 0 Å². The highest BCUT2D eigenvalue weighted by Crippen LogP contribution is 2.21. The number of aryl methyl sites for hydroxylation is 1. The summed E-state index contributed by atoms with van der Waals surface area (Å²) in [6.45, 7) is 7.73. The van der Waals surface area contributed by atoms with E-state index in [0.29, 0.717) is 5.56 Å². The summed E-state index contributed by atoms with van der Waals surface area (Å²) in [6.07, 6.45) is 0. The van der Waals surface area contributed by atoms with E-state index in [0.717, 1.165) is 26.2 Å². The van der Waals surface area contributed by atoms with Gasteiger partial charge in [-0.15, -0.1) is 0 Å². The predicted molar refractivity (Wildman–Crippen MR) is 103 cm³/mol. The van der Waals surface area contributed by atoms with Gasteiger partial charge in [-0.3, -0.25) is 9.69 Å². The number of halogens is 1. The molecular formula is C21H26FN3O. The van der Waals surface area contributed by atoms with E-state index < -0.39 is 0 Å². The average molecular weight is 355 g/mol. The van der Waals surface area contributed by atoms with Crippen LogP contribution in [-0.2, 0) is 11.3 Å². The Kier molecular flexibility index (Phi) is 5.89. The number of benzene rings is 2. The number of para-hydroxylation sites is 1. The number of nitrogens with one attached hydrogen (secondary N) is 1. The van der Waals surface area contributed by atoms with Gasteiger partial charge >= 0.3 is 0 Å². The quantitative estimate of drug-likeness (QED) is 0.896. The van der Waals surface area contributed by atoms with E-state index >= 15 is 0 Å². The number of rotatable bonds is 5. The van der Waals surface area contributed by atoms with Crippen molar-refractivity contribution >= 4 is 11.6 Å². The Morgan fingerprint density at radius 3 is 2.42 bits per heavy atom. The van der Waals surface area contributed by atoms with E-state index in [9.17, 15) is 9.18 Å². The van der Waals surface area contributed by atoms with Crippen molar-refractivity contribution in [2.75, 3.05) is 31.1 Å². The standard InChI is InChI=1S/C21H26FN3O/c1-16-7-3-6-10-20(16)25-13-11-24(12-14-25)17(2)21(26)23-15-18-8-4-5-9-19(18)22/h3-10,17H,11-15H2,1-2H3,(H,23,26). The number of hydrogen-bond donors (Lipinski definition) is 1.